The van der Waals surface area contributed by atoms with Gasteiger partial charge in [0.1, 0.15) is 5.82 Å². The van der Waals surface area contributed by atoms with E-state index in [1.807, 2.05) is 109 Å². The smallest absolute Gasteiger partial charge is 0.242 e. The van der Waals surface area contributed by atoms with Crippen molar-refractivity contribution < 1.29 is 0 Å². The number of rotatable bonds is 7. The maximum absolute atomic E-state index is 7.25. The van der Waals surface area contributed by atoms with Gasteiger partial charge in [0, 0.05) is 32.8 Å². The Morgan fingerprint density at radius 1 is 0.583 bits per heavy atom. The zero-order valence-electron chi connectivity index (χ0n) is 25.9. The quantitative estimate of drug-likeness (QED) is 0.168. The first-order chi connectivity index (χ1) is 23.6. The number of halogens is 2. The minimum Gasteiger partial charge on any atom is -0.278 e. The number of hydrogen-bond donors (Lipinski definition) is 0. The lowest BCUT2D eigenvalue weighted by Gasteiger charge is -2.36. The van der Waals surface area contributed by atoms with Gasteiger partial charge in [0.2, 0.25) is 5.79 Å². The highest BCUT2D eigenvalue weighted by molar-refractivity contribution is 6.54. The van der Waals surface area contributed by atoms with Crippen LogP contribution in [0.5, 0.6) is 0 Å². The van der Waals surface area contributed by atoms with Gasteiger partial charge in [-0.2, -0.15) is 0 Å². The number of hydrogen-bond acceptors (Lipinski definition) is 3. The number of aromatic nitrogens is 2. The van der Waals surface area contributed by atoms with E-state index in [2.05, 4.69) is 59.2 Å². The van der Waals surface area contributed by atoms with E-state index < -0.39 is 5.79 Å². The fourth-order valence-corrected chi connectivity index (χ4v) is 7.16. The maximum Gasteiger partial charge on any atom is 0.242 e. The van der Waals surface area contributed by atoms with E-state index in [0.717, 1.165) is 50.6 Å². The van der Waals surface area contributed by atoms with Crippen molar-refractivity contribution in [2.45, 2.75) is 12.2 Å². The van der Waals surface area contributed by atoms with E-state index in [1.165, 1.54) is 0 Å². The summed E-state index contributed by atoms with van der Waals surface area (Å²) in [7, 11) is 0. The average molecular weight is 662 g/mol. The monoisotopic (exact) mass is 660 g/mol. The van der Waals surface area contributed by atoms with Gasteiger partial charge in [0.15, 0.2) is 0 Å². The third-order valence-corrected chi connectivity index (χ3v) is 9.57. The zero-order chi connectivity index (χ0) is 32.5. The van der Waals surface area contributed by atoms with E-state index in [4.69, 9.17) is 38.2 Å². The van der Waals surface area contributed by atoms with Crippen molar-refractivity contribution in [3.05, 3.63) is 185 Å². The van der Waals surface area contributed by atoms with Crippen LogP contribution in [-0.4, -0.2) is 21.0 Å². The molecule has 2 heterocycles. The molecule has 4 nitrogen and oxygen atoms in total. The Balaban J connectivity index is 1.56. The third kappa shape index (κ3) is 5.24. The first kappa shape index (κ1) is 30.1. The fourth-order valence-electron chi connectivity index (χ4n) is 6.64. The van der Waals surface area contributed by atoms with Crippen LogP contribution in [0.15, 0.2) is 179 Å². The molecule has 1 aliphatic carbocycles. The second-order valence-electron chi connectivity index (χ2n) is 11.8. The summed E-state index contributed by atoms with van der Waals surface area (Å²) in [6.07, 6.45) is 6.72. The molecular formula is C42H30Cl2N4. The molecular weight excluding hydrogens is 631 g/mol. The molecule has 48 heavy (non-hydrogen) atoms. The van der Waals surface area contributed by atoms with Gasteiger partial charge in [-0.3, -0.25) is 4.57 Å². The van der Waals surface area contributed by atoms with Crippen LogP contribution in [0.2, 0.25) is 5.02 Å². The topological polar surface area (TPSA) is 42.5 Å². The molecule has 6 heteroatoms. The molecule has 1 aromatic heterocycles. The zero-order valence-corrected chi connectivity index (χ0v) is 27.4. The number of aliphatic imine (C=N–C) groups is 2. The van der Waals surface area contributed by atoms with Gasteiger partial charge in [0.25, 0.3) is 0 Å². The highest BCUT2D eigenvalue weighted by Crippen LogP contribution is 2.51. The molecule has 1 atom stereocenters. The highest BCUT2D eigenvalue weighted by Gasteiger charge is 2.50. The molecule has 232 valence electrons. The fraction of sp³-hybridized carbons (Fsp3) is 0.0714. The van der Waals surface area contributed by atoms with Gasteiger partial charge in [-0.15, -0.1) is 0 Å². The molecule has 6 aromatic rings. The second kappa shape index (κ2) is 12.7. The van der Waals surface area contributed by atoms with Gasteiger partial charge in [-0.1, -0.05) is 169 Å². The van der Waals surface area contributed by atoms with Gasteiger partial charge in [-0.05, 0) is 24.6 Å². The lowest BCUT2D eigenvalue weighted by molar-refractivity contribution is 0.234. The first-order valence-electron chi connectivity index (χ1n) is 16.0. The third-order valence-electron chi connectivity index (χ3n) is 8.85. The van der Waals surface area contributed by atoms with Gasteiger partial charge < -0.3 is 0 Å². The van der Waals surface area contributed by atoms with Crippen LogP contribution in [0.3, 0.4) is 0 Å². The minimum atomic E-state index is -1.27. The molecule has 0 fully saturated rings. The van der Waals surface area contributed by atoms with Crippen molar-refractivity contribution in [1.29, 1.82) is 0 Å². The van der Waals surface area contributed by atoms with Crippen molar-refractivity contribution in [1.82, 2.24) is 9.55 Å². The molecule has 0 saturated carbocycles. The van der Waals surface area contributed by atoms with Crippen molar-refractivity contribution >= 4 is 34.6 Å². The number of benzene rings is 5. The molecule has 0 N–H and O–H groups in total. The van der Waals surface area contributed by atoms with Gasteiger partial charge in [-0.25, -0.2) is 15.0 Å². The normalized spacial score (nSPS) is 16.7. The summed E-state index contributed by atoms with van der Waals surface area (Å²) in [6.45, 7) is 0. The summed E-state index contributed by atoms with van der Waals surface area (Å²) in [5.41, 5.74) is 7.94. The van der Waals surface area contributed by atoms with Crippen LogP contribution in [0.1, 0.15) is 17.5 Å². The second-order valence-corrected chi connectivity index (χ2v) is 12.6. The van der Waals surface area contributed by atoms with E-state index in [-0.39, 0.29) is 5.92 Å². The highest BCUT2D eigenvalue weighted by atomic mass is 35.5. The summed E-state index contributed by atoms with van der Waals surface area (Å²) < 4.78 is 2.20. The molecule has 0 amide bonds. The molecule has 0 spiro atoms. The number of allylic oxidation sites excluding steroid dienone is 3. The maximum atomic E-state index is 7.25. The van der Waals surface area contributed by atoms with Crippen molar-refractivity contribution in [3.8, 4) is 33.9 Å². The Hall–Kier alpha value is -5.29. The largest absolute Gasteiger partial charge is 0.278 e. The van der Waals surface area contributed by atoms with Gasteiger partial charge >= 0.3 is 0 Å². The van der Waals surface area contributed by atoms with Gasteiger partial charge in [0.05, 0.1) is 33.8 Å². The molecule has 5 aromatic carbocycles. The molecule has 0 saturated heterocycles. The van der Waals surface area contributed by atoms with Crippen LogP contribution in [0, 0.1) is 5.92 Å². The molecule has 2 aliphatic rings. The Bertz CT molecular complexity index is 2160. The molecule has 0 bridgehead atoms. The minimum absolute atomic E-state index is 0.342. The predicted molar refractivity (Wildman–Crippen MR) is 199 cm³/mol. The van der Waals surface area contributed by atoms with Crippen LogP contribution in [0.4, 0.5) is 0 Å². The summed E-state index contributed by atoms with van der Waals surface area (Å²) in [4.78, 5) is 16.9. The van der Waals surface area contributed by atoms with Crippen LogP contribution in [0.25, 0.3) is 33.9 Å². The summed E-state index contributed by atoms with van der Waals surface area (Å²) >= 11 is 14.3. The Labute approximate surface area is 290 Å². The Morgan fingerprint density at radius 2 is 1.08 bits per heavy atom. The number of nitrogens with zero attached hydrogens (tertiary/aromatic N) is 4. The van der Waals surface area contributed by atoms with Crippen molar-refractivity contribution in [2.24, 2.45) is 15.9 Å². The molecule has 8 rings (SSSR count). The lowest BCUT2D eigenvalue weighted by Crippen LogP contribution is -2.39. The predicted octanol–water partition coefficient (Wildman–Crippen LogP) is 10.8. The van der Waals surface area contributed by atoms with Crippen LogP contribution < -0.4 is 0 Å². The van der Waals surface area contributed by atoms with Crippen LogP contribution >= 0.6 is 23.2 Å². The standard InChI is InChI=1S/C42H30Cl2N4/c43-35-27-15-13-25-33(35)41-45-39(31-21-9-3-10-22-31)40(32-23-11-4-12-24-32)48(41)42(34-26-14-16-28-36(34)44)46-37(29-17-5-1-6-18-29)38(47-42)30-19-7-2-8-20-30/h1-25,27-28,34H,26H2. The SMILES string of the molecule is ClC1=CC=CCC1C1(n2c(-c3ccccc3Cl)nc(-c3ccccc3)c2-c2ccccc2)N=C(c2ccccc2)C(c2ccccc2)=N1. The Kier molecular flexibility index (Phi) is 7.97. The molecule has 1 aliphatic heterocycles. The van der Waals surface area contributed by atoms with E-state index in [1.54, 1.807) is 0 Å². The lowest BCUT2D eigenvalue weighted by atomic mass is 9.91. The van der Waals surface area contributed by atoms with Crippen LogP contribution in [-0.2, 0) is 5.79 Å². The van der Waals surface area contributed by atoms with Crippen molar-refractivity contribution in [3.63, 3.8) is 0 Å². The van der Waals surface area contributed by atoms with Crippen molar-refractivity contribution in [2.75, 3.05) is 0 Å². The molecule has 1 unspecified atom stereocenters. The van der Waals surface area contributed by atoms with E-state index >= 15 is 0 Å². The summed E-state index contributed by atoms with van der Waals surface area (Å²) in [6, 6.07) is 48.9. The van der Waals surface area contributed by atoms with E-state index in [0.29, 0.717) is 22.3 Å². The summed E-state index contributed by atoms with van der Waals surface area (Å²) in [5.74, 6) is -0.953. The summed E-state index contributed by atoms with van der Waals surface area (Å²) in [5, 5.41) is 1.26. The Morgan fingerprint density at radius 3 is 1.62 bits per heavy atom. The van der Waals surface area contributed by atoms with E-state index in [9.17, 15) is 0 Å². The molecule has 0 radical (unpaired) electrons. The number of imidazole rings is 1. The average Bonchev–Trinajstić information content (AvgIpc) is 3.75. The first-order valence-corrected chi connectivity index (χ1v) is 16.7.